The van der Waals surface area contributed by atoms with Crippen LogP contribution in [0.15, 0.2) is 0 Å². The van der Waals surface area contributed by atoms with Crippen molar-refractivity contribution in [1.29, 1.82) is 0 Å². The van der Waals surface area contributed by atoms with Crippen LogP contribution in [0.25, 0.3) is 0 Å². The molecule has 0 bridgehead atoms. The van der Waals surface area contributed by atoms with Crippen LogP contribution in [0, 0.1) is 5.92 Å². The van der Waals surface area contributed by atoms with E-state index in [1.54, 1.807) is 0 Å². The Hall–Kier alpha value is 0.310. The first-order valence-electron chi connectivity index (χ1n) is 5.61. The van der Waals surface area contributed by atoms with E-state index in [0.717, 1.165) is 17.7 Å². The molecule has 1 fully saturated rings. The molecule has 0 amide bonds. The molecule has 1 aliphatic rings. The van der Waals surface area contributed by atoms with Crippen LogP contribution >= 0.6 is 11.8 Å². The maximum Gasteiger partial charge on any atom is 0.0170 e. The van der Waals surface area contributed by atoms with Crippen LogP contribution in [0.5, 0.6) is 0 Å². The monoisotopic (exact) mass is 201 g/mol. The van der Waals surface area contributed by atoms with Gasteiger partial charge in [-0.15, -0.1) is 0 Å². The van der Waals surface area contributed by atoms with Gasteiger partial charge in [-0.2, -0.15) is 11.8 Å². The Balaban J connectivity index is 2.26. The lowest BCUT2D eigenvalue weighted by Gasteiger charge is -2.28. The van der Waals surface area contributed by atoms with Gasteiger partial charge in [-0.05, 0) is 25.2 Å². The van der Waals surface area contributed by atoms with Crippen LogP contribution in [-0.2, 0) is 0 Å². The summed E-state index contributed by atoms with van der Waals surface area (Å²) in [7, 11) is 0. The Labute approximate surface area is 86.8 Å². The zero-order valence-corrected chi connectivity index (χ0v) is 9.78. The van der Waals surface area contributed by atoms with Crippen molar-refractivity contribution >= 4 is 11.8 Å². The first kappa shape index (κ1) is 11.4. The molecule has 2 heteroatoms. The Morgan fingerprint density at radius 3 is 2.77 bits per heavy atom. The van der Waals surface area contributed by atoms with Crippen molar-refractivity contribution in [2.45, 2.75) is 56.5 Å². The van der Waals surface area contributed by atoms with Gasteiger partial charge in [-0.25, -0.2) is 0 Å². The molecule has 1 saturated carbocycles. The maximum absolute atomic E-state index is 5.71. The summed E-state index contributed by atoms with van der Waals surface area (Å²) in [5, 5.41) is 1.60. The molecule has 2 N–H and O–H groups in total. The van der Waals surface area contributed by atoms with E-state index in [1.807, 2.05) is 0 Å². The second-order valence-corrected chi connectivity index (χ2v) is 5.90. The largest absolute Gasteiger partial charge is 0.329 e. The first-order chi connectivity index (χ1) is 6.26. The molecule has 1 nitrogen and oxygen atoms in total. The SMILES string of the molecule is CCC(CN)SC1CCCC(C)C1. The zero-order valence-electron chi connectivity index (χ0n) is 8.96. The van der Waals surface area contributed by atoms with Crippen molar-refractivity contribution in [2.75, 3.05) is 6.54 Å². The summed E-state index contributed by atoms with van der Waals surface area (Å²) in [6, 6.07) is 0. The number of hydrogen-bond acceptors (Lipinski definition) is 2. The Kier molecular flexibility index (Phi) is 5.18. The predicted octanol–water partition coefficient (Wildman–Crippen LogP) is 3.04. The second kappa shape index (κ2) is 5.92. The van der Waals surface area contributed by atoms with Gasteiger partial charge in [-0.1, -0.05) is 26.7 Å². The lowest BCUT2D eigenvalue weighted by molar-refractivity contribution is 0.393. The molecule has 0 aliphatic heterocycles. The van der Waals surface area contributed by atoms with Gasteiger partial charge < -0.3 is 5.73 Å². The van der Waals surface area contributed by atoms with Gasteiger partial charge in [0.15, 0.2) is 0 Å². The Morgan fingerprint density at radius 1 is 1.46 bits per heavy atom. The highest BCUT2D eigenvalue weighted by molar-refractivity contribution is 8.00. The highest BCUT2D eigenvalue weighted by atomic mass is 32.2. The molecule has 0 spiro atoms. The predicted molar refractivity (Wildman–Crippen MR) is 62.1 cm³/mol. The summed E-state index contributed by atoms with van der Waals surface area (Å²) >= 11 is 2.14. The lowest BCUT2D eigenvalue weighted by atomic mass is 9.91. The van der Waals surface area contributed by atoms with Crippen LogP contribution in [0.3, 0.4) is 0 Å². The molecule has 1 rings (SSSR count). The molecule has 3 atom stereocenters. The average Bonchev–Trinajstić information content (AvgIpc) is 2.14. The highest BCUT2D eigenvalue weighted by Crippen LogP contribution is 2.34. The summed E-state index contributed by atoms with van der Waals surface area (Å²) in [5.41, 5.74) is 5.71. The van der Waals surface area contributed by atoms with E-state index in [9.17, 15) is 0 Å². The van der Waals surface area contributed by atoms with Gasteiger partial charge in [0.1, 0.15) is 0 Å². The molecule has 0 aromatic rings. The molecule has 0 heterocycles. The van der Waals surface area contributed by atoms with Crippen LogP contribution in [-0.4, -0.2) is 17.0 Å². The Bertz CT molecular complexity index is 134. The van der Waals surface area contributed by atoms with Crippen LogP contribution in [0.1, 0.15) is 46.0 Å². The number of thioether (sulfide) groups is 1. The van der Waals surface area contributed by atoms with Gasteiger partial charge >= 0.3 is 0 Å². The van der Waals surface area contributed by atoms with E-state index >= 15 is 0 Å². The van der Waals surface area contributed by atoms with Crippen LogP contribution in [0.4, 0.5) is 0 Å². The summed E-state index contributed by atoms with van der Waals surface area (Å²) < 4.78 is 0. The molecule has 78 valence electrons. The van der Waals surface area contributed by atoms with Gasteiger partial charge in [0, 0.05) is 17.0 Å². The molecular weight excluding hydrogens is 178 g/mol. The van der Waals surface area contributed by atoms with Crippen LogP contribution in [0.2, 0.25) is 0 Å². The van der Waals surface area contributed by atoms with Crippen molar-refractivity contribution in [1.82, 2.24) is 0 Å². The lowest BCUT2D eigenvalue weighted by Crippen LogP contribution is -2.23. The van der Waals surface area contributed by atoms with Gasteiger partial charge in [0.25, 0.3) is 0 Å². The third kappa shape index (κ3) is 3.90. The first-order valence-corrected chi connectivity index (χ1v) is 6.56. The number of nitrogens with two attached hydrogens (primary N) is 1. The Morgan fingerprint density at radius 2 is 2.23 bits per heavy atom. The van der Waals surface area contributed by atoms with E-state index in [4.69, 9.17) is 5.73 Å². The smallest absolute Gasteiger partial charge is 0.0170 e. The van der Waals surface area contributed by atoms with Crippen molar-refractivity contribution < 1.29 is 0 Å². The van der Waals surface area contributed by atoms with Gasteiger partial charge in [0.2, 0.25) is 0 Å². The summed E-state index contributed by atoms with van der Waals surface area (Å²) in [6.45, 7) is 5.49. The fourth-order valence-electron chi connectivity index (χ4n) is 2.09. The minimum atomic E-state index is 0.704. The zero-order chi connectivity index (χ0) is 9.68. The van der Waals surface area contributed by atoms with Crippen molar-refractivity contribution in [3.63, 3.8) is 0 Å². The fourth-order valence-corrected chi connectivity index (χ4v) is 3.68. The van der Waals surface area contributed by atoms with E-state index in [2.05, 4.69) is 25.6 Å². The molecule has 0 saturated heterocycles. The molecule has 3 unspecified atom stereocenters. The van der Waals surface area contributed by atoms with Crippen molar-refractivity contribution in [3.8, 4) is 0 Å². The van der Waals surface area contributed by atoms with Gasteiger partial charge in [0.05, 0.1) is 0 Å². The minimum Gasteiger partial charge on any atom is -0.329 e. The van der Waals surface area contributed by atoms with Crippen molar-refractivity contribution in [2.24, 2.45) is 11.7 Å². The molecule has 0 aromatic carbocycles. The van der Waals surface area contributed by atoms with E-state index in [0.29, 0.717) is 5.25 Å². The highest BCUT2D eigenvalue weighted by Gasteiger charge is 2.21. The summed E-state index contributed by atoms with van der Waals surface area (Å²) in [5.74, 6) is 0.946. The fraction of sp³-hybridized carbons (Fsp3) is 1.00. The summed E-state index contributed by atoms with van der Waals surface area (Å²) in [4.78, 5) is 0. The maximum atomic E-state index is 5.71. The van der Waals surface area contributed by atoms with E-state index in [-0.39, 0.29) is 0 Å². The number of hydrogen-bond donors (Lipinski definition) is 1. The third-order valence-corrected chi connectivity index (χ3v) is 4.72. The van der Waals surface area contributed by atoms with E-state index < -0.39 is 0 Å². The minimum absolute atomic E-state index is 0.704. The van der Waals surface area contributed by atoms with Gasteiger partial charge in [-0.3, -0.25) is 0 Å². The molecular formula is C11H23NS. The molecule has 1 aliphatic carbocycles. The third-order valence-electron chi connectivity index (χ3n) is 2.99. The number of rotatable bonds is 4. The second-order valence-electron chi connectivity index (χ2n) is 4.30. The standard InChI is InChI=1S/C11H23NS/c1-3-10(8-12)13-11-6-4-5-9(2)7-11/h9-11H,3-8,12H2,1-2H3. The van der Waals surface area contributed by atoms with E-state index in [1.165, 1.54) is 32.1 Å². The summed E-state index contributed by atoms with van der Waals surface area (Å²) in [6.07, 6.45) is 6.94. The molecule has 13 heavy (non-hydrogen) atoms. The van der Waals surface area contributed by atoms with Crippen molar-refractivity contribution in [3.05, 3.63) is 0 Å². The van der Waals surface area contributed by atoms with Crippen LogP contribution < -0.4 is 5.73 Å². The normalized spacial score (nSPS) is 31.6. The quantitative estimate of drug-likeness (QED) is 0.756. The molecule has 0 radical (unpaired) electrons. The topological polar surface area (TPSA) is 26.0 Å². The average molecular weight is 201 g/mol. The molecule has 0 aromatic heterocycles.